The Kier molecular flexibility index (Phi) is 4.10. The Hall–Kier alpha value is -1.55. The van der Waals surface area contributed by atoms with Crippen molar-refractivity contribution in [2.75, 3.05) is 31.6 Å². The lowest BCUT2D eigenvalue weighted by Gasteiger charge is -2.32. The molecule has 0 aliphatic carbocycles. The fourth-order valence-electron chi connectivity index (χ4n) is 2.79. The normalized spacial score (nSPS) is 24.5. The Balaban J connectivity index is 2.40. The van der Waals surface area contributed by atoms with Crippen molar-refractivity contribution in [3.05, 3.63) is 29.8 Å². The number of carbonyl (C=O) groups is 1. The Labute approximate surface area is 114 Å². The molecule has 1 aliphatic rings. The van der Waals surface area contributed by atoms with Crippen molar-refractivity contribution in [2.24, 2.45) is 5.92 Å². The van der Waals surface area contributed by atoms with Gasteiger partial charge in [0.15, 0.2) is 0 Å². The summed E-state index contributed by atoms with van der Waals surface area (Å²) >= 11 is 0. The van der Waals surface area contributed by atoms with Crippen LogP contribution in [0.3, 0.4) is 0 Å². The Bertz CT molecular complexity index is 461. The largest absolute Gasteiger partial charge is 0.394 e. The fourth-order valence-corrected chi connectivity index (χ4v) is 2.79. The predicted molar refractivity (Wildman–Crippen MR) is 76.2 cm³/mol. The molecule has 1 aromatic carbocycles. The highest BCUT2D eigenvalue weighted by Crippen LogP contribution is 2.25. The van der Waals surface area contributed by atoms with Gasteiger partial charge in [-0.15, -0.1) is 0 Å². The molecule has 0 bridgehead atoms. The van der Waals surface area contributed by atoms with E-state index < -0.39 is 6.04 Å². The van der Waals surface area contributed by atoms with Crippen LogP contribution in [0.25, 0.3) is 0 Å². The minimum absolute atomic E-state index is 0.00453. The summed E-state index contributed by atoms with van der Waals surface area (Å²) in [6, 6.07) is 7.54. The van der Waals surface area contributed by atoms with Crippen LogP contribution >= 0.6 is 0 Å². The molecule has 0 spiro atoms. The summed E-state index contributed by atoms with van der Waals surface area (Å²) in [6.45, 7) is 5.54. The number of aliphatic hydroxyl groups excluding tert-OH is 1. The van der Waals surface area contributed by atoms with Crippen LogP contribution in [-0.4, -0.2) is 48.7 Å². The number of amides is 1. The first kappa shape index (κ1) is 13.9. The van der Waals surface area contributed by atoms with E-state index in [-0.39, 0.29) is 12.5 Å². The van der Waals surface area contributed by atoms with Crippen LogP contribution < -0.4 is 4.90 Å². The van der Waals surface area contributed by atoms with Crippen LogP contribution in [0.15, 0.2) is 24.3 Å². The summed E-state index contributed by atoms with van der Waals surface area (Å²) in [6.07, 6.45) is 0. The first-order chi connectivity index (χ1) is 9.04. The Morgan fingerprint density at radius 3 is 2.63 bits per heavy atom. The average molecular weight is 262 g/mol. The molecule has 1 aliphatic heterocycles. The highest BCUT2D eigenvalue weighted by molar-refractivity contribution is 5.86. The molecular weight excluding hydrogens is 240 g/mol. The maximum Gasteiger partial charge on any atom is 0.247 e. The van der Waals surface area contributed by atoms with Gasteiger partial charge in [-0.05, 0) is 24.5 Å². The van der Waals surface area contributed by atoms with E-state index in [9.17, 15) is 9.90 Å². The lowest BCUT2D eigenvalue weighted by molar-refractivity contribution is -0.131. The second-order valence-corrected chi connectivity index (χ2v) is 5.46. The smallest absolute Gasteiger partial charge is 0.247 e. The number of carbonyl (C=O) groups excluding carboxylic acids is 1. The number of likely N-dealkylation sites (N-methyl/N-ethyl adjacent to an activating group) is 1. The van der Waals surface area contributed by atoms with Crippen molar-refractivity contribution in [3.63, 3.8) is 0 Å². The van der Waals surface area contributed by atoms with E-state index >= 15 is 0 Å². The molecule has 0 radical (unpaired) electrons. The van der Waals surface area contributed by atoms with Crippen LogP contribution in [0.1, 0.15) is 12.5 Å². The zero-order chi connectivity index (χ0) is 14.0. The zero-order valence-electron chi connectivity index (χ0n) is 11.8. The van der Waals surface area contributed by atoms with Crippen molar-refractivity contribution in [1.82, 2.24) is 4.90 Å². The number of rotatable bonds is 2. The van der Waals surface area contributed by atoms with Gasteiger partial charge in [0.1, 0.15) is 6.04 Å². The van der Waals surface area contributed by atoms with Crippen LogP contribution in [0.2, 0.25) is 0 Å². The van der Waals surface area contributed by atoms with E-state index in [2.05, 4.69) is 6.92 Å². The standard InChI is InChI=1S/C15H22N2O2/c1-11-8-16(3)15(19)14(10-18)17(9-11)13-7-5-4-6-12(13)2/h4-7,11,14,18H,8-10H2,1-3H3. The molecule has 2 atom stereocenters. The van der Waals surface area contributed by atoms with E-state index in [1.165, 1.54) is 0 Å². The first-order valence-electron chi connectivity index (χ1n) is 6.72. The number of hydrogen-bond acceptors (Lipinski definition) is 3. The molecular formula is C15H22N2O2. The van der Waals surface area contributed by atoms with Crippen LogP contribution in [0.5, 0.6) is 0 Å². The van der Waals surface area contributed by atoms with E-state index in [4.69, 9.17) is 0 Å². The molecule has 104 valence electrons. The van der Waals surface area contributed by atoms with Crippen molar-refractivity contribution < 1.29 is 9.90 Å². The highest BCUT2D eigenvalue weighted by Gasteiger charge is 2.33. The van der Waals surface area contributed by atoms with E-state index in [1.807, 2.05) is 43.1 Å². The third-order valence-electron chi connectivity index (χ3n) is 3.73. The third-order valence-corrected chi connectivity index (χ3v) is 3.73. The maximum absolute atomic E-state index is 12.3. The number of anilines is 1. The average Bonchev–Trinajstić information content (AvgIpc) is 2.48. The summed E-state index contributed by atoms with van der Waals surface area (Å²) in [7, 11) is 1.81. The third kappa shape index (κ3) is 2.73. The fraction of sp³-hybridized carbons (Fsp3) is 0.533. The number of para-hydroxylation sites is 1. The first-order valence-corrected chi connectivity index (χ1v) is 6.72. The van der Waals surface area contributed by atoms with Gasteiger partial charge in [0.2, 0.25) is 5.91 Å². The van der Waals surface area contributed by atoms with E-state index in [0.717, 1.165) is 24.3 Å². The molecule has 2 rings (SSSR count). The van der Waals surface area contributed by atoms with Gasteiger partial charge in [0.25, 0.3) is 0 Å². The van der Waals surface area contributed by atoms with Crippen LogP contribution in [0.4, 0.5) is 5.69 Å². The molecule has 1 saturated heterocycles. The quantitative estimate of drug-likeness (QED) is 0.873. The minimum atomic E-state index is -0.476. The molecule has 19 heavy (non-hydrogen) atoms. The molecule has 4 nitrogen and oxygen atoms in total. The maximum atomic E-state index is 12.3. The van der Waals surface area contributed by atoms with Gasteiger partial charge in [0, 0.05) is 25.8 Å². The monoisotopic (exact) mass is 262 g/mol. The molecule has 4 heteroatoms. The van der Waals surface area contributed by atoms with Crippen molar-refractivity contribution >= 4 is 11.6 Å². The van der Waals surface area contributed by atoms with Gasteiger partial charge in [-0.1, -0.05) is 25.1 Å². The van der Waals surface area contributed by atoms with Gasteiger partial charge >= 0.3 is 0 Å². The number of aliphatic hydroxyl groups is 1. The topological polar surface area (TPSA) is 43.8 Å². The molecule has 1 fully saturated rings. The lowest BCUT2D eigenvalue weighted by atomic mass is 10.1. The Morgan fingerprint density at radius 1 is 1.32 bits per heavy atom. The molecule has 0 aromatic heterocycles. The number of benzene rings is 1. The van der Waals surface area contributed by atoms with Gasteiger partial charge < -0.3 is 14.9 Å². The predicted octanol–water partition coefficient (Wildman–Crippen LogP) is 1.27. The van der Waals surface area contributed by atoms with Crippen LogP contribution in [0, 0.1) is 12.8 Å². The van der Waals surface area contributed by atoms with Gasteiger partial charge in [0.05, 0.1) is 6.61 Å². The number of nitrogens with zero attached hydrogens (tertiary/aromatic N) is 2. The zero-order valence-corrected chi connectivity index (χ0v) is 11.8. The van der Waals surface area contributed by atoms with Crippen LogP contribution in [-0.2, 0) is 4.79 Å². The molecule has 2 unspecified atom stereocenters. The lowest BCUT2D eigenvalue weighted by Crippen LogP contribution is -2.47. The summed E-state index contributed by atoms with van der Waals surface area (Å²) in [5.74, 6) is 0.375. The molecule has 1 heterocycles. The molecule has 1 N–H and O–H groups in total. The molecule has 0 saturated carbocycles. The molecule has 1 amide bonds. The van der Waals surface area contributed by atoms with Crippen molar-refractivity contribution in [2.45, 2.75) is 19.9 Å². The summed E-state index contributed by atoms with van der Waals surface area (Å²) in [5, 5.41) is 9.62. The van der Waals surface area contributed by atoms with E-state index in [0.29, 0.717) is 5.92 Å². The summed E-state index contributed by atoms with van der Waals surface area (Å²) < 4.78 is 0. The minimum Gasteiger partial charge on any atom is -0.394 e. The SMILES string of the molecule is Cc1ccccc1N1CC(C)CN(C)C(=O)C1CO. The summed E-state index contributed by atoms with van der Waals surface area (Å²) in [5.41, 5.74) is 2.17. The Morgan fingerprint density at radius 2 is 2.00 bits per heavy atom. The highest BCUT2D eigenvalue weighted by atomic mass is 16.3. The number of aryl methyl sites for hydroxylation is 1. The molecule has 1 aromatic rings. The number of hydrogen-bond donors (Lipinski definition) is 1. The van der Waals surface area contributed by atoms with Gasteiger partial charge in [-0.2, -0.15) is 0 Å². The second-order valence-electron chi connectivity index (χ2n) is 5.46. The van der Waals surface area contributed by atoms with Crippen molar-refractivity contribution in [1.29, 1.82) is 0 Å². The van der Waals surface area contributed by atoms with Gasteiger partial charge in [-0.3, -0.25) is 4.79 Å². The summed E-state index contributed by atoms with van der Waals surface area (Å²) in [4.78, 5) is 16.1. The second kappa shape index (κ2) is 5.61. The van der Waals surface area contributed by atoms with Gasteiger partial charge in [-0.25, -0.2) is 0 Å². The van der Waals surface area contributed by atoms with Crippen molar-refractivity contribution in [3.8, 4) is 0 Å². The van der Waals surface area contributed by atoms with E-state index in [1.54, 1.807) is 4.90 Å².